The van der Waals surface area contributed by atoms with Gasteiger partial charge in [-0.2, -0.15) is 0 Å². The Morgan fingerprint density at radius 2 is 1.95 bits per heavy atom. The van der Waals surface area contributed by atoms with Crippen LogP contribution in [0.4, 0.5) is 4.39 Å². The number of hydrogen-bond acceptors (Lipinski definition) is 4. The van der Waals surface area contributed by atoms with E-state index in [1.54, 1.807) is 18.5 Å². The third-order valence-electron chi connectivity index (χ3n) is 4.10. The Kier molecular flexibility index (Phi) is 2.94. The quantitative estimate of drug-likeness (QED) is 0.745. The summed E-state index contributed by atoms with van der Waals surface area (Å²) in [7, 11) is 0. The molecule has 0 amide bonds. The van der Waals surface area contributed by atoms with Gasteiger partial charge in [-0.25, -0.2) is 4.39 Å². The van der Waals surface area contributed by atoms with Crippen molar-refractivity contribution in [2.75, 3.05) is 13.1 Å². The number of likely N-dealkylation sites (tertiary alicyclic amines) is 1. The molecule has 3 heterocycles. The normalized spacial score (nSPS) is 17.8. The van der Waals surface area contributed by atoms with Gasteiger partial charge < -0.3 is 4.90 Å². The average molecular weight is 285 g/mol. The van der Waals surface area contributed by atoms with Crippen molar-refractivity contribution in [2.24, 2.45) is 4.99 Å². The smallest absolute Gasteiger partial charge is 0.159 e. The molecular weight excluding hydrogens is 269 g/mol. The summed E-state index contributed by atoms with van der Waals surface area (Å²) in [6.07, 6.45) is 5.25. The van der Waals surface area contributed by atoms with E-state index in [1.165, 1.54) is 12.5 Å². The third-order valence-corrected chi connectivity index (χ3v) is 4.10. The van der Waals surface area contributed by atoms with E-state index in [1.807, 2.05) is 4.57 Å². The lowest BCUT2D eigenvalue weighted by Crippen LogP contribution is -2.36. The number of nitrogens with zero attached hydrogens (tertiary/aromatic N) is 5. The summed E-state index contributed by atoms with van der Waals surface area (Å²) in [4.78, 5) is 6.96. The zero-order chi connectivity index (χ0) is 14.2. The number of benzene rings is 1. The molecule has 2 aromatic rings. The predicted octanol–water partition coefficient (Wildman–Crippen LogP) is 2.15. The van der Waals surface area contributed by atoms with Gasteiger partial charge in [0.05, 0.1) is 5.69 Å². The van der Waals surface area contributed by atoms with Crippen molar-refractivity contribution in [3.63, 3.8) is 0 Å². The molecule has 4 rings (SSSR count). The van der Waals surface area contributed by atoms with Gasteiger partial charge in [-0.15, -0.1) is 10.2 Å². The van der Waals surface area contributed by atoms with Crippen molar-refractivity contribution in [3.05, 3.63) is 41.7 Å². The third kappa shape index (κ3) is 2.11. The summed E-state index contributed by atoms with van der Waals surface area (Å²) in [6.45, 7) is 2.44. The van der Waals surface area contributed by atoms with Crippen LogP contribution in [-0.2, 0) is 6.54 Å². The second-order valence-electron chi connectivity index (χ2n) is 5.47. The zero-order valence-corrected chi connectivity index (χ0v) is 11.7. The molecule has 0 saturated carbocycles. The van der Waals surface area contributed by atoms with E-state index in [2.05, 4.69) is 15.1 Å². The molecule has 2 aliphatic rings. The fraction of sp³-hybridized carbons (Fsp3) is 0.400. The van der Waals surface area contributed by atoms with Crippen LogP contribution < -0.4 is 0 Å². The van der Waals surface area contributed by atoms with Crippen molar-refractivity contribution in [1.29, 1.82) is 0 Å². The highest BCUT2D eigenvalue weighted by Crippen LogP contribution is 2.25. The Morgan fingerprint density at radius 1 is 1.10 bits per heavy atom. The fourth-order valence-corrected chi connectivity index (χ4v) is 3.07. The van der Waals surface area contributed by atoms with Crippen LogP contribution in [0.25, 0.3) is 5.69 Å². The van der Waals surface area contributed by atoms with Crippen molar-refractivity contribution >= 4 is 5.84 Å². The van der Waals surface area contributed by atoms with E-state index >= 15 is 0 Å². The molecule has 5 nitrogen and oxygen atoms in total. The molecule has 0 radical (unpaired) electrons. The van der Waals surface area contributed by atoms with Crippen molar-refractivity contribution < 1.29 is 4.39 Å². The highest BCUT2D eigenvalue weighted by Gasteiger charge is 2.24. The number of halogens is 1. The van der Waals surface area contributed by atoms with Crippen LogP contribution in [-0.4, -0.2) is 38.6 Å². The van der Waals surface area contributed by atoms with Gasteiger partial charge in [-0.1, -0.05) is 0 Å². The molecule has 1 aromatic heterocycles. The number of fused-ring (bicyclic) bond motifs is 3. The van der Waals surface area contributed by atoms with Crippen LogP contribution in [0, 0.1) is 5.82 Å². The summed E-state index contributed by atoms with van der Waals surface area (Å²) in [5.74, 6) is 1.43. The van der Waals surface area contributed by atoms with Gasteiger partial charge in [0.25, 0.3) is 0 Å². The van der Waals surface area contributed by atoms with Crippen LogP contribution in [0.15, 0.2) is 29.5 Å². The van der Waals surface area contributed by atoms with Crippen LogP contribution >= 0.6 is 0 Å². The van der Waals surface area contributed by atoms with E-state index < -0.39 is 0 Å². The molecule has 0 spiro atoms. The van der Waals surface area contributed by atoms with Crippen LogP contribution in [0.1, 0.15) is 30.7 Å². The van der Waals surface area contributed by atoms with Gasteiger partial charge in [0.1, 0.15) is 24.5 Å². The van der Waals surface area contributed by atoms with Crippen molar-refractivity contribution in [2.45, 2.75) is 25.8 Å². The molecule has 6 heteroatoms. The summed E-state index contributed by atoms with van der Waals surface area (Å²) in [6, 6.07) is 4.82. The number of amidine groups is 1. The maximum atomic E-state index is 13.8. The summed E-state index contributed by atoms with van der Waals surface area (Å²) < 4.78 is 15.7. The van der Waals surface area contributed by atoms with Crippen LogP contribution in [0.3, 0.4) is 0 Å². The Morgan fingerprint density at radius 3 is 2.81 bits per heavy atom. The van der Waals surface area contributed by atoms with Gasteiger partial charge in [-0.3, -0.25) is 9.56 Å². The van der Waals surface area contributed by atoms with E-state index in [0.717, 1.165) is 48.8 Å². The molecule has 108 valence electrons. The first kappa shape index (κ1) is 12.5. The average Bonchev–Trinajstić information content (AvgIpc) is 2.92. The largest absolute Gasteiger partial charge is 0.356 e. The molecule has 0 unspecified atom stereocenters. The molecule has 0 atom stereocenters. The molecule has 0 bridgehead atoms. The minimum atomic E-state index is -0.241. The van der Waals surface area contributed by atoms with Gasteiger partial charge in [0.15, 0.2) is 5.82 Å². The highest BCUT2D eigenvalue weighted by molar-refractivity contribution is 6.02. The maximum absolute atomic E-state index is 13.8. The molecule has 1 saturated heterocycles. The monoisotopic (exact) mass is 285 g/mol. The Bertz CT molecular complexity index is 700. The Labute approximate surface area is 122 Å². The molecule has 21 heavy (non-hydrogen) atoms. The molecule has 1 fully saturated rings. The summed E-state index contributed by atoms with van der Waals surface area (Å²) >= 11 is 0. The molecular formula is C15H16FN5. The molecule has 0 N–H and O–H groups in total. The lowest BCUT2D eigenvalue weighted by Gasteiger charge is -2.30. The molecule has 2 aliphatic heterocycles. The lowest BCUT2D eigenvalue weighted by molar-refractivity contribution is 0.342. The standard InChI is InChI=1S/C15H16FN5/c16-11-4-5-13-12(8-11)15(20-6-2-1-3-7-20)17-9-14-19-18-10-21(13)14/h4-5,8,10H,1-3,6-7,9H2. The second-order valence-corrected chi connectivity index (χ2v) is 5.47. The Balaban J connectivity index is 1.86. The lowest BCUT2D eigenvalue weighted by atomic mass is 10.1. The maximum Gasteiger partial charge on any atom is 0.159 e. The van der Waals surface area contributed by atoms with Crippen LogP contribution in [0.5, 0.6) is 0 Å². The number of piperidine rings is 1. The van der Waals surface area contributed by atoms with E-state index in [-0.39, 0.29) is 5.82 Å². The first-order valence-corrected chi connectivity index (χ1v) is 7.31. The molecule has 0 aliphatic carbocycles. The van der Waals surface area contributed by atoms with E-state index in [4.69, 9.17) is 4.99 Å². The number of rotatable bonds is 0. The van der Waals surface area contributed by atoms with Gasteiger partial charge in [0, 0.05) is 18.7 Å². The number of hydrogen-bond donors (Lipinski definition) is 0. The van der Waals surface area contributed by atoms with Gasteiger partial charge in [-0.05, 0) is 37.5 Å². The van der Waals surface area contributed by atoms with Crippen LogP contribution in [0.2, 0.25) is 0 Å². The van der Waals surface area contributed by atoms with Gasteiger partial charge in [0.2, 0.25) is 0 Å². The number of aromatic nitrogens is 3. The molecule has 1 aromatic carbocycles. The summed E-state index contributed by atoms with van der Waals surface area (Å²) in [5, 5.41) is 8.05. The van der Waals surface area contributed by atoms with E-state index in [9.17, 15) is 4.39 Å². The first-order valence-electron chi connectivity index (χ1n) is 7.31. The fourth-order valence-electron chi connectivity index (χ4n) is 3.07. The Hall–Kier alpha value is -2.24. The first-order chi connectivity index (χ1) is 10.3. The second kappa shape index (κ2) is 4.95. The predicted molar refractivity (Wildman–Crippen MR) is 77.0 cm³/mol. The van der Waals surface area contributed by atoms with Crippen molar-refractivity contribution in [1.82, 2.24) is 19.7 Å². The van der Waals surface area contributed by atoms with Crippen molar-refractivity contribution in [3.8, 4) is 5.69 Å². The van der Waals surface area contributed by atoms with Gasteiger partial charge >= 0.3 is 0 Å². The zero-order valence-electron chi connectivity index (χ0n) is 11.7. The topological polar surface area (TPSA) is 46.3 Å². The number of aliphatic imine (C=N–C) groups is 1. The minimum absolute atomic E-state index is 0.241. The van der Waals surface area contributed by atoms with E-state index in [0.29, 0.717) is 6.54 Å². The SMILES string of the molecule is Fc1ccc2c(c1)C(N1CCCCC1)=NCc1nncn1-2. The minimum Gasteiger partial charge on any atom is -0.356 e. The summed E-state index contributed by atoms with van der Waals surface area (Å²) in [5.41, 5.74) is 1.73. The highest BCUT2D eigenvalue weighted by atomic mass is 19.1.